The van der Waals surface area contributed by atoms with Gasteiger partial charge in [-0.3, -0.25) is 5.32 Å². The molecule has 0 spiro atoms. The summed E-state index contributed by atoms with van der Waals surface area (Å²) in [6, 6.07) is 7.52. The highest BCUT2D eigenvalue weighted by molar-refractivity contribution is 5.88. The summed E-state index contributed by atoms with van der Waals surface area (Å²) >= 11 is 0. The lowest BCUT2D eigenvalue weighted by atomic mass is 10.3. The molecule has 25 heavy (non-hydrogen) atoms. The predicted molar refractivity (Wildman–Crippen MR) is 92.5 cm³/mol. The van der Waals surface area contributed by atoms with E-state index >= 15 is 0 Å². The number of hydrogen-bond donors (Lipinski definition) is 2. The first kappa shape index (κ1) is 15.6. The number of pyridine rings is 1. The van der Waals surface area contributed by atoms with Crippen molar-refractivity contribution in [1.82, 2.24) is 24.5 Å². The Labute approximate surface area is 144 Å². The van der Waals surface area contributed by atoms with E-state index in [1.165, 1.54) is 0 Å². The molecule has 4 heterocycles. The number of nitrogens with one attached hydrogen (secondary N) is 2. The number of amides is 2. The Bertz CT molecular complexity index is 894. The molecule has 2 N–H and O–H groups in total. The van der Waals surface area contributed by atoms with Crippen molar-refractivity contribution >= 4 is 17.5 Å². The van der Waals surface area contributed by atoms with Gasteiger partial charge >= 0.3 is 6.03 Å². The summed E-state index contributed by atoms with van der Waals surface area (Å²) < 4.78 is 9.19. The average molecular weight is 340 g/mol. The second-order valence-corrected chi connectivity index (χ2v) is 6.06. The Morgan fingerprint density at radius 2 is 2.32 bits per heavy atom. The van der Waals surface area contributed by atoms with Gasteiger partial charge in [0.05, 0.1) is 36.8 Å². The van der Waals surface area contributed by atoms with Crippen LogP contribution >= 0.6 is 0 Å². The number of imidazole rings is 1. The van der Waals surface area contributed by atoms with Crippen LogP contribution in [0.4, 0.5) is 10.6 Å². The molecule has 4 rings (SSSR count). The quantitative estimate of drug-likeness (QED) is 0.762. The minimum absolute atomic E-state index is 0.173. The van der Waals surface area contributed by atoms with Gasteiger partial charge in [-0.05, 0) is 25.5 Å². The van der Waals surface area contributed by atoms with Gasteiger partial charge in [-0.2, -0.15) is 5.10 Å². The number of nitrogens with zero attached hydrogens (tertiary/aromatic N) is 4. The summed E-state index contributed by atoms with van der Waals surface area (Å²) in [5.74, 6) is 0.669. The zero-order valence-electron chi connectivity index (χ0n) is 14.0. The second-order valence-electron chi connectivity index (χ2n) is 6.06. The Morgan fingerprint density at radius 3 is 3.16 bits per heavy atom. The molecule has 8 heteroatoms. The highest BCUT2D eigenvalue weighted by atomic mass is 16.5. The molecule has 2 amide bonds. The smallest absolute Gasteiger partial charge is 0.320 e. The third-order valence-electron chi connectivity index (χ3n) is 4.41. The van der Waals surface area contributed by atoms with E-state index in [0.717, 1.165) is 30.1 Å². The molecule has 3 aromatic rings. The van der Waals surface area contributed by atoms with Crippen LogP contribution in [0.25, 0.3) is 5.65 Å². The summed E-state index contributed by atoms with van der Waals surface area (Å²) in [5.41, 5.74) is 2.74. The van der Waals surface area contributed by atoms with Crippen LogP contribution in [-0.4, -0.2) is 38.4 Å². The van der Waals surface area contributed by atoms with E-state index in [-0.39, 0.29) is 12.1 Å². The molecule has 0 unspecified atom stereocenters. The van der Waals surface area contributed by atoms with Crippen molar-refractivity contribution in [2.24, 2.45) is 0 Å². The van der Waals surface area contributed by atoms with Crippen molar-refractivity contribution < 1.29 is 9.53 Å². The number of carbonyl (C=O) groups is 1. The van der Waals surface area contributed by atoms with E-state index in [2.05, 4.69) is 20.7 Å². The van der Waals surface area contributed by atoms with Crippen LogP contribution in [0, 0.1) is 6.92 Å². The van der Waals surface area contributed by atoms with Crippen molar-refractivity contribution in [3.63, 3.8) is 0 Å². The molecule has 0 bridgehead atoms. The number of urea groups is 1. The number of aryl methyl sites for hydroxylation is 1. The SMILES string of the molecule is Cc1nc2ccccn2c1CNC(=O)Nc1ccnn1[C@H]1CCOC1. The highest BCUT2D eigenvalue weighted by Gasteiger charge is 2.21. The van der Waals surface area contributed by atoms with Crippen LogP contribution in [0.3, 0.4) is 0 Å². The zero-order valence-corrected chi connectivity index (χ0v) is 14.0. The zero-order chi connectivity index (χ0) is 17.2. The van der Waals surface area contributed by atoms with Gasteiger partial charge in [0, 0.05) is 18.9 Å². The fraction of sp³-hybridized carbons (Fsp3) is 0.353. The number of aromatic nitrogens is 4. The number of rotatable bonds is 4. The lowest BCUT2D eigenvalue weighted by Gasteiger charge is -2.14. The molecule has 1 fully saturated rings. The minimum atomic E-state index is -0.272. The van der Waals surface area contributed by atoms with Crippen molar-refractivity contribution in [3.05, 3.63) is 48.0 Å². The average Bonchev–Trinajstić information content (AvgIpc) is 3.32. The van der Waals surface area contributed by atoms with Crippen molar-refractivity contribution in [3.8, 4) is 0 Å². The molecular weight excluding hydrogens is 320 g/mol. The maximum Gasteiger partial charge on any atom is 0.320 e. The van der Waals surface area contributed by atoms with Crippen LogP contribution in [-0.2, 0) is 11.3 Å². The van der Waals surface area contributed by atoms with E-state index in [0.29, 0.717) is 19.0 Å². The summed E-state index contributed by atoms with van der Waals surface area (Å²) in [4.78, 5) is 16.8. The monoisotopic (exact) mass is 340 g/mol. The Kier molecular flexibility index (Phi) is 4.10. The first-order chi connectivity index (χ1) is 12.2. The van der Waals surface area contributed by atoms with Crippen LogP contribution in [0.15, 0.2) is 36.7 Å². The molecule has 1 saturated heterocycles. The molecule has 0 aliphatic carbocycles. The highest BCUT2D eigenvalue weighted by Crippen LogP contribution is 2.22. The Balaban J connectivity index is 1.43. The third-order valence-corrected chi connectivity index (χ3v) is 4.41. The van der Waals surface area contributed by atoms with E-state index < -0.39 is 0 Å². The maximum absolute atomic E-state index is 12.3. The summed E-state index contributed by atoms with van der Waals surface area (Å²) in [7, 11) is 0. The van der Waals surface area contributed by atoms with Gasteiger partial charge in [-0.25, -0.2) is 14.5 Å². The number of hydrogen-bond acceptors (Lipinski definition) is 4. The number of carbonyl (C=O) groups excluding carboxylic acids is 1. The lowest BCUT2D eigenvalue weighted by Crippen LogP contribution is -2.30. The molecule has 130 valence electrons. The van der Waals surface area contributed by atoms with E-state index in [4.69, 9.17) is 4.74 Å². The molecule has 1 aliphatic rings. The lowest BCUT2D eigenvalue weighted by molar-refractivity contribution is 0.185. The first-order valence-electron chi connectivity index (χ1n) is 8.31. The van der Waals surface area contributed by atoms with Crippen molar-refractivity contribution in [2.75, 3.05) is 18.5 Å². The van der Waals surface area contributed by atoms with Crippen molar-refractivity contribution in [1.29, 1.82) is 0 Å². The van der Waals surface area contributed by atoms with E-state index in [9.17, 15) is 4.79 Å². The fourth-order valence-corrected chi connectivity index (χ4v) is 3.12. The summed E-state index contributed by atoms with van der Waals surface area (Å²) in [6.45, 7) is 3.68. The third kappa shape index (κ3) is 3.08. The first-order valence-corrected chi connectivity index (χ1v) is 8.31. The number of fused-ring (bicyclic) bond motifs is 1. The minimum Gasteiger partial charge on any atom is -0.379 e. The molecule has 1 atom stereocenters. The van der Waals surface area contributed by atoms with Gasteiger partial charge in [-0.15, -0.1) is 0 Å². The molecule has 3 aromatic heterocycles. The van der Waals surface area contributed by atoms with Crippen LogP contribution in [0.2, 0.25) is 0 Å². The summed E-state index contributed by atoms with van der Waals surface area (Å²) in [5, 5.41) is 10.0. The molecule has 1 aliphatic heterocycles. The predicted octanol–water partition coefficient (Wildman–Crippen LogP) is 2.12. The Morgan fingerprint density at radius 1 is 1.40 bits per heavy atom. The van der Waals surface area contributed by atoms with E-state index in [1.807, 2.05) is 40.4 Å². The van der Waals surface area contributed by atoms with E-state index in [1.54, 1.807) is 12.3 Å². The molecule has 8 nitrogen and oxygen atoms in total. The topological polar surface area (TPSA) is 85.5 Å². The second kappa shape index (κ2) is 6.56. The molecule has 0 aromatic carbocycles. The normalized spacial score (nSPS) is 17.1. The number of anilines is 1. The maximum atomic E-state index is 12.3. The molecular formula is C17H20N6O2. The van der Waals surface area contributed by atoms with Crippen LogP contribution < -0.4 is 10.6 Å². The Hall–Kier alpha value is -2.87. The molecule has 0 saturated carbocycles. The van der Waals surface area contributed by atoms with Gasteiger partial charge in [0.1, 0.15) is 11.5 Å². The van der Waals surface area contributed by atoms with Gasteiger partial charge in [0.15, 0.2) is 0 Å². The number of ether oxygens (including phenoxy) is 1. The van der Waals surface area contributed by atoms with Crippen molar-refractivity contribution in [2.45, 2.75) is 25.9 Å². The fourth-order valence-electron chi connectivity index (χ4n) is 3.12. The molecule has 0 radical (unpaired) electrons. The largest absolute Gasteiger partial charge is 0.379 e. The van der Waals surface area contributed by atoms with Crippen LogP contribution in [0.1, 0.15) is 23.9 Å². The van der Waals surface area contributed by atoms with Crippen LogP contribution in [0.5, 0.6) is 0 Å². The standard InChI is InChI=1S/C17H20N6O2/c1-12-14(22-8-3-2-4-15(22)20-12)10-18-17(24)21-16-5-7-19-23(16)13-6-9-25-11-13/h2-5,7-8,13H,6,9-11H2,1H3,(H2,18,21,24)/t13-/m0/s1. The van der Waals surface area contributed by atoms with Gasteiger partial charge in [0.2, 0.25) is 0 Å². The summed E-state index contributed by atoms with van der Waals surface area (Å²) in [6.07, 6.45) is 4.53. The van der Waals surface area contributed by atoms with Gasteiger partial charge in [-0.1, -0.05) is 6.07 Å². The van der Waals surface area contributed by atoms with Gasteiger partial charge < -0.3 is 14.5 Å². The van der Waals surface area contributed by atoms with Gasteiger partial charge in [0.25, 0.3) is 0 Å².